The molecule has 0 aromatic heterocycles. The molecule has 2 saturated heterocycles. The fourth-order valence-electron chi connectivity index (χ4n) is 2.88. The number of hydrogen-bond donors (Lipinski definition) is 0. The lowest BCUT2D eigenvalue weighted by Crippen LogP contribution is -2.41. The van der Waals surface area contributed by atoms with E-state index >= 15 is 0 Å². The highest BCUT2D eigenvalue weighted by Gasteiger charge is 2.36. The first kappa shape index (κ1) is 9.02. The maximum Gasteiger partial charge on any atom is 0.0666 e. The van der Waals surface area contributed by atoms with Crippen molar-refractivity contribution in [3.8, 4) is 6.07 Å². The minimum Gasteiger partial charge on any atom is -0.296 e. The Morgan fingerprint density at radius 2 is 1.92 bits per heavy atom. The first-order valence-electron chi connectivity index (χ1n) is 5.46. The number of nitrogens with zero attached hydrogens (tertiary/aromatic N) is 2. The summed E-state index contributed by atoms with van der Waals surface area (Å²) in [5.41, 5.74) is 0. The van der Waals surface area contributed by atoms with Crippen LogP contribution in [0.25, 0.3) is 0 Å². The molecular weight excluding hydrogens is 160 g/mol. The normalized spacial score (nSPS) is 35.7. The first-order chi connectivity index (χ1) is 6.31. The van der Waals surface area contributed by atoms with Crippen LogP contribution < -0.4 is 0 Å². The van der Waals surface area contributed by atoms with Gasteiger partial charge in [-0.2, -0.15) is 5.26 Å². The summed E-state index contributed by atoms with van der Waals surface area (Å²) in [5, 5.41) is 8.78. The van der Waals surface area contributed by atoms with Crippen LogP contribution in [0.4, 0.5) is 0 Å². The molecule has 0 N–H and O–H groups in total. The third-order valence-corrected chi connectivity index (χ3v) is 3.55. The zero-order chi connectivity index (χ0) is 9.26. The van der Waals surface area contributed by atoms with Gasteiger partial charge >= 0.3 is 0 Å². The van der Waals surface area contributed by atoms with Gasteiger partial charge in [0.25, 0.3) is 0 Å². The maximum atomic E-state index is 8.78. The minimum absolute atomic E-state index is 0.209. The van der Waals surface area contributed by atoms with Gasteiger partial charge in [0.2, 0.25) is 0 Å². The van der Waals surface area contributed by atoms with Gasteiger partial charge in [-0.15, -0.1) is 0 Å². The summed E-state index contributed by atoms with van der Waals surface area (Å²) in [5.74, 6) is 0.209. The van der Waals surface area contributed by atoms with Gasteiger partial charge in [0, 0.05) is 18.6 Å². The molecule has 72 valence electrons. The van der Waals surface area contributed by atoms with E-state index in [1.807, 2.05) is 6.92 Å². The summed E-state index contributed by atoms with van der Waals surface area (Å²) in [6.07, 6.45) is 6.90. The van der Waals surface area contributed by atoms with Crippen molar-refractivity contribution >= 4 is 0 Å². The third kappa shape index (κ3) is 1.71. The predicted molar refractivity (Wildman–Crippen MR) is 52.1 cm³/mol. The largest absolute Gasteiger partial charge is 0.296 e. The van der Waals surface area contributed by atoms with E-state index in [2.05, 4.69) is 11.0 Å². The van der Waals surface area contributed by atoms with E-state index in [-0.39, 0.29) is 5.92 Å². The van der Waals surface area contributed by atoms with E-state index in [4.69, 9.17) is 5.26 Å². The molecule has 0 aromatic rings. The SMILES string of the molecule is CC(C#N)CN1C2CCCC1CC2. The minimum atomic E-state index is 0.209. The van der Waals surface area contributed by atoms with Crippen molar-refractivity contribution in [1.82, 2.24) is 4.90 Å². The lowest BCUT2D eigenvalue weighted by Gasteiger charge is -2.35. The second-order valence-corrected chi connectivity index (χ2v) is 4.54. The van der Waals surface area contributed by atoms with Crippen molar-refractivity contribution < 1.29 is 0 Å². The molecule has 3 unspecified atom stereocenters. The Labute approximate surface area is 80.5 Å². The van der Waals surface area contributed by atoms with E-state index in [0.29, 0.717) is 0 Å². The highest BCUT2D eigenvalue weighted by molar-refractivity contribution is 4.94. The summed E-state index contributed by atoms with van der Waals surface area (Å²) in [4.78, 5) is 2.59. The molecule has 2 heterocycles. The van der Waals surface area contributed by atoms with Gasteiger partial charge in [0.15, 0.2) is 0 Å². The van der Waals surface area contributed by atoms with Crippen LogP contribution in [-0.2, 0) is 0 Å². The number of hydrogen-bond acceptors (Lipinski definition) is 2. The zero-order valence-corrected chi connectivity index (χ0v) is 8.37. The van der Waals surface area contributed by atoms with E-state index in [1.165, 1.54) is 32.1 Å². The standard InChI is InChI=1S/C11H18N2/c1-9(7-12)8-13-10-3-2-4-11(13)6-5-10/h9-11H,2-6,8H2,1H3. The molecule has 2 aliphatic heterocycles. The topological polar surface area (TPSA) is 27.0 Å². The lowest BCUT2D eigenvalue weighted by molar-refractivity contribution is 0.130. The molecule has 3 atom stereocenters. The van der Waals surface area contributed by atoms with Crippen molar-refractivity contribution in [2.75, 3.05) is 6.54 Å². The molecule has 2 aliphatic rings. The average molecular weight is 178 g/mol. The van der Waals surface area contributed by atoms with E-state index in [1.54, 1.807) is 0 Å². The Morgan fingerprint density at radius 1 is 1.31 bits per heavy atom. The second-order valence-electron chi connectivity index (χ2n) is 4.54. The fraction of sp³-hybridized carbons (Fsp3) is 0.909. The van der Waals surface area contributed by atoms with Gasteiger partial charge in [0.05, 0.1) is 12.0 Å². The van der Waals surface area contributed by atoms with Crippen molar-refractivity contribution in [1.29, 1.82) is 5.26 Å². The molecule has 2 rings (SSSR count). The van der Waals surface area contributed by atoms with Crippen molar-refractivity contribution in [2.24, 2.45) is 5.92 Å². The van der Waals surface area contributed by atoms with Gasteiger partial charge < -0.3 is 0 Å². The second kappa shape index (κ2) is 3.67. The van der Waals surface area contributed by atoms with Crippen molar-refractivity contribution in [2.45, 2.75) is 51.1 Å². The van der Waals surface area contributed by atoms with Gasteiger partial charge in [-0.3, -0.25) is 4.90 Å². The van der Waals surface area contributed by atoms with Crippen molar-refractivity contribution in [3.63, 3.8) is 0 Å². The predicted octanol–water partition coefficient (Wildman–Crippen LogP) is 2.16. The Morgan fingerprint density at radius 3 is 2.46 bits per heavy atom. The van der Waals surface area contributed by atoms with Crippen LogP contribution in [-0.4, -0.2) is 23.5 Å². The highest BCUT2D eigenvalue weighted by Crippen LogP contribution is 2.35. The van der Waals surface area contributed by atoms with E-state index < -0.39 is 0 Å². The van der Waals surface area contributed by atoms with Crippen LogP contribution in [0.15, 0.2) is 0 Å². The summed E-state index contributed by atoms with van der Waals surface area (Å²) in [6.45, 7) is 3.04. The van der Waals surface area contributed by atoms with Crippen LogP contribution >= 0.6 is 0 Å². The monoisotopic (exact) mass is 178 g/mol. The van der Waals surface area contributed by atoms with Crippen LogP contribution in [0.2, 0.25) is 0 Å². The Kier molecular flexibility index (Phi) is 2.55. The number of piperidine rings is 1. The molecule has 2 heteroatoms. The molecule has 2 fully saturated rings. The van der Waals surface area contributed by atoms with E-state index in [0.717, 1.165) is 18.6 Å². The molecule has 0 spiro atoms. The summed E-state index contributed by atoms with van der Waals surface area (Å²) in [6, 6.07) is 3.97. The quantitative estimate of drug-likeness (QED) is 0.648. The Balaban J connectivity index is 1.96. The van der Waals surface area contributed by atoms with E-state index in [9.17, 15) is 0 Å². The fourth-order valence-corrected chi connectivity index (χ4v) is 2.88. The van der Waals surface area contributed by atoms with Crippen LogP contribution in [0.5, 0.6) is 0 Å². The van der Waals surface area contributed by atoms with Gasteiger partial charge in [0.1, 0.15) is 0 Å². The van der Waals surface area contributed by atoms with Crippen LogP contribution in [0, 0.1) is 17.2 Å². The molecule has 0 aromatic carbocycles. The van der Waals surface area contributed by atoms with Gasteiger partial charge in [-0.25, -0.2) is 0 Å². The summed E-state index contributed by atoms with van der Waals surface area (Å²) >= 11 is 0. The average Bonchev–Trinajstić information content (AvgIpc) is 2.41. The highest BCUT2D eigenvalue weighted by atomic mass is 15.2. The lowest BCUT2D eigenvalue weighted by atomic mass is 10.0. The smallest absolute Gasteiger partial charge is 0.0666 e. The Hall–Kier alpha value is -0.550. The zero-order valence-electron chi connectivity index (χ0n) is 8.37. The number of rotatable bonds is 2. The third-order valence-electron chi connectivity index (χ3n) is 3.55. The van der Waals surface area contributed by atoms with Crippen LogP contribution in [0.3, 0.4) is 0 Å². The van der Waals surface area contributed by atoms with Crippen LogP contribution in [0.1, 0.15) is 39.0 Å². The molecule has 2 nitrogen and oxygen atoms in total. The molecule has 0 aliphatic carbocycles. The van der Waals surface area contributed by atoms with Gasteiger partial charge in [-0.1, -0.05) is 6.42 Å². The summed E-state index contributed by atoms with van der Waals surface area (Å²) < 4.78 is 0. The van der Waals surface area contributed by atoms with Crippen molar-refractivity contribution in [3.05, 3.63) is 0 Å². The molecular formula is C11H18N2. The molecule has 0 saturated carbocycles. The Bertz CT molecular complexity index is 203. The summed E-state index contributed by atoms with van der Waals surface area (Å²) in [7, 11) is 0. The molecule has 0 radical (unpaired) electrons. The number of fused-ring (bicyclic) bond motifs is 2. The molecule has 2 bridgehead atoms. The molecule has 0 amide bonds. The maximum absolute atomic E-state index is 8.78. The molecule has 13 heavy (non-hydrogen) atoms. The number of nitriles is 1. The first-order valence-corrected chi connectivity index (χ1v) is 5.46. The van der Waals surface area contributed by atoms with Gasteiger partial charge in [-0.05, 0) is 32.6 Å².